The predicted octanol–water partition coefficient (Wildman–Crippen LogP) is 3.64. The zero-order chi connectivity index (χ0) is 11.1. The van der Waals surface area contributed by atoms with Gasteiger partial charge in [-0.15, -0.1) is 11.6 Å². The van der Waals surface area contributed by atoms with Crippen molar-refractivity contribution in [2.24, 2.45) is 5.92 Å². The van der Waals surface area contributed by atoms with Crippen molar-refractivity contribution in [3.05, 3.63) is 24.0 Å². The summed E-state index contributed by atoms with van der Waals surface area (Å²) in [7, 11) is 0. The van der Waals surface area contributed by atoms with E-state index in [-0.39, 0.29) is 0 Å². The molecule has 0 unspecified atom stereocenters. The molecule has 0 aliphatic carbocycles. The van der Waals surface area contributed by atoms with E-state index in [1.807, 2.05) is 12.1 Å². The lowest BCUT2D eigenvalue weighted by Gasteiger charge is -2.07. The quantitative estimate of drug-likeness (QED) is 0.547. The fraction of sp³-hybridized carbons (Fsp3) is 0.583. The molecule has 3 heteroatoms. The van der Waals surface area contributed by atoms with E-state index in [9.17, 15) is 0 Å². The maximum Gasteiger partial charge on any atom is 0.137 e. The predicted molar refractivity (Wildman–Crippen MR) is 63.4 cm³/mol. The summed E-state index contributed by atoms with van der Waals surface area (Å²) >= 11 is 5.64. The van der Waals surface area contributed by atoms with Crippen LogP contribution in [0.1, 0.15) is 32.4 Å². The van der Waals surface area contributed by atoms with Gasteiger partial charge in [-0.25, -0.2) is 0 Å². The minimum Gasteiger partial charge on any atom is -0.492 e. The van der Waals surface area contributed by atoms with E-state index in [1.54, 1.807) is 6.20 Å². The Morgan fingerprint density at radius 3 is 2.73 bits per heavy atom. The lowest BCUT2D eigenvalue weighted by Crippen LogP contribution is -2.00. The van der Waals surface area contributed by atoms with Gasteiger partial charge in [0.2, 0.25) is 0 Å². The Labute approximate surface area is 96.6 Å². The van der Waals surface area contributed by atoms with Crippen LogP contribution in [-0.4, -0.2) is 11.6 Å². The van der Waals surface area contributed by atoms with Crippen LogP contribution in [0.5, 0.6) is 5.75 Å². The molecule has 0 N–H and O–H groups in total. The van der Waals surface area contributed by atoms with E-state index < -0.39 is 0 Å². The standard InChI is InChI=1S/C12H18ClNO/c1-10(2)4-3-7-15-12-6-5-11(8-13)14-9-12/h5-6,9-10H,3-4,7-8H2,1-2H3. The average Bonchev–Trinajstić information content (AvgIpc) is 2.25. The Hall–Kier alpha value is -0.760. The first-order valence-electron chi connectivity index (χ1n) is 5.36. The number of halogens is 1. The number of nitrogens with zero attached hydrogens (tertiary/aromatic N) is 1. The van der Waals surface area contributed by atoms with E-state index in [2.05, 4.69) is 18.8 Å². The molecule has 0 spiro atoms. The summed E-state index contributed by atoms with van der Waals surface area (Å²) in [6, 6.07) is 3.81. The highest BCUT2D eigenvalue weighted by molar-refractivity contribution is 6.16. The van der Waals surface area contributed by atoms with Crippen molar-refractivity contribution in [2.75, 3.05) is 6.61 Å². The third-order valence-corrected chi connectivity index (χ3v) is 2.40. The van der Waals surface area contributed by atoms with E-state index in [4.69, 9.17) is 16.3 Å². The minimum atomic E-state index is 0.452. The number of rotatable bonds is 6. The molecule has 1 aromatic rings. The molecular weight excluding hydrogens is 210 g/mol. The van der Waals surface area contributed by atoms with Crippen molar-refractivity contribution in [1.82, 2.24) is 4.98 Å². The third kappa shape index (κ3) is 5.03. The zero-order valence-electron chi connectivity index (χ0n) is 9.37. The van der Waals surface area contributed by atoms with Gasteiger partial charge in [-0.3, -0.25) is 4.98 Å². The number of pyridine rings is 1. The highest BCUT2D eigenvalue weighted by Crippen LogP contribution is 2.11. The smallest absolute Gasteiger partial charge is 0.137 e. The molecule has 0 amide bonds. The van der Waals surface area contributed by atoms with Crippen LogP contribution in [0.2, 0.25) is 0 Å². The van der Waals surface area contributed by atoms with Gasteiger partial charge in [0.05, 0.1) is 24.4 Å². The second-order valence-corrected chi connectivity index (χ2v) is 4.27. The number of alkyl halides is 1. The summed E-state index contributed by atoms with van der Waals surface area (Å²) in [6.07, 6.45) is 4.02. The topological polar surface area (TPSA) is 22.1 Å². The van der Waals surface area contributed by atoms with Gasteiger partial charge in [0.25, 0.3) is 0 Å². The van der Waals surface area contributed by atoms with Crippen molar-refractivity contribution in [2.45, 2.75) is 32.6 Å². The van der Waals surface area contributed by atoms with E-state index in [1.165, 1.54) is 6.42 Å². The summed E-state index contributed by atoms with van der Waals surface area (Å²) < 4.78 is 5.55. The highest BCUT2D eigenvalue weighted by Gasteiger charge is 1.97. The minimum absolute atomic E-state index is 0.452. The van der Waals surface area contributed by atoms with E-state index >= 15 is 0 Å². The first-order chi connectivity index (χ1) is 7.22. The van der Waals surface area contributed by atoms with Crippen molar-refractivity contribution in [3.8, 4) is 5.75 Å². The first kappa shape index (κ1) is 12.3. The van der Waals surface area contributed by atoms with E-state index in [0.717, 1.165) is 30.4 Å². The van der Waals surface area contributed by atoms with Crippen molar-refractivity contribution >= 4 is 11.6 Å². The summed E-state index contributed by atoms with van der Waals surface area (Å²) in [5.74, 6) is 2.02. The largest absolute Gasteiger partial charge is 0.492 e. The molecule has 2 nitrogen and oxygen atoms in total. The van der Waals surface area contributed by atoms with E-state index in [0.29, 0.717) is 5.88 Å². The SMILES string of the molecule is CC(C)CCCOc1ccc(CCl)nc1. The Bertz CT molecular complexity index is 271. The number of aromatic nitrogens is 1. The molecule has 84 valence electrons. The second kappa shape index (κ2) is 6.67. The molecular formula is C12H18ClNO. The molecule has 0 fully saturated rings. The molecule has 0 aliphatic heterocycles. The monoisotopic (exact) mass is 227 g/mol. The van der Waals surface area contributed by atoms with Gasteiger partial charge in [-0.1, -0.05) is 13.8 Å². The van der Waals surface area contributed by atoms with Gasteiger partial charge in [0.1, 0.15) is 5.75 Å². The second-order valence-electron chi connectivity index (χ2n) is 4.00. The molecule has 0 saturated heterocycles. The van der Waals surface area contributed by atoms with Gasteiger partial charge in [0, 0.05) is 0 Å². The first-order valence-corrected chi connectivity index (χ1v) is 5.89. The molecule has 0 saturated carbocycles. The van der Waals surface area contributed by atoms with Gasteiger partial charge in [-0.2, -0.15) is 0 Å². The summed E-state index contributed by atoms with van der Waals surface area (Å²) in [6.45, 7) is 5.20. The highest BCUT2D eigenvalue weighted by atomic mass is 35.5. The Morgan fingerprint density at radius 2 is 2.20 bits per heavy atom. The maximum atomic E-state index is 5.64. The van der Waals surface area contributed by atoms with Crippen LogP contribution in [0.15, 0.2) is 18.3 Å². The molecule has 0 bridgehead atoms. The Morgan fingerprint density at radius 1 is 1.40 bits per heavy atom. The van der Waals surface area contributed by atoms with Crippen molar-refractivity contribution in [3.63, 3.8) is 0 Å². The van der Waals surface area contributed by atoms with Gasteiger partial charge < -0.3 is 4.74 Å². The van der Waals surface area contributed by atoms with Gasteiger partial charge in [0.15, 0.2) is 0 Å². The molecule has 1 rings (SSSR count). The summed E-state index contributed by atoms with van der Waals surface area (Å²) in [5.41, 5.74) is 0.881. The molecule has 15 heavy (non-hydrogen) atoms. The summed E-state index contributed by atoms with van der Waals surface area (Å²) in [5, 5.41) is 0. The molecule has 1 aromatic heterocycles. The number of ether oxygens (including phenoxy) is 1. The lowest BCUT2D eigenvalue weighted by atomic mass is 10.1. The van der Waals surface area contributed by atoms with Crippen LogP contribution in [0, 0.1) is 5.92 Å². The van der Waals surface area contributed by atoms with Crippen molar-refractivity contribution in [1.29, 1.82) is 0 Å². The maximum absolute atomic E-state index is 5.64. The van der Waals surface area contributed by atoms with Crippen LogP contribution >= 0.6 is 11.6 Å². The normalized spacial score (nSPS) is 10.7. The fourth-order valence-corrected chi connectivity index (χ4v) is 1.42. The molecule has 0 aromatic carbocycles. The van der Waals surface area contributed by atoms with Crippen molar-refractivity contribution < 1.29 is 4.74 Å². The molecule has 0 radical (unpaired) electrons. The number of hydrogen-bond acceptors (Lipinski definition) is 2. The Balaban J connectivity index is 2.25. The molecule has 0 aliphatic rings. The zero-order valence-corrected chi connectivity index (χ0v) is 10.1. The van der Waals surface area contributed by atoms with Crippen LogP contribution in [0.3, 0.4) is 0 Å². The van der Waals surface area contributed by atoms with Crippen LogP contribution < -0.4 is 4.74 Å². The molecule has 1 heterocycles. The third-order valence-electron chi connectivity index (χ3n) is 2.13. The van der Waals surface area contributed by atoms with Gasteiger partial charge >= 0.3 is 0 Å². The molecule has 0 atom stereocenters. The Kier molecular flexibility index (Phi) is 5.48. The van der Waals surface area contributed by atoms with Crippen LogP contribution in [0.25, 0.3) is 0 Å². The van der Waals surface area contributed by atoms with Crippen LogP contribution in [0.4, 0.5) is 0 Å². The fourth-order valence-electron chi connectivity index (χ4n) is 1.26. The average molecular weight is 228 g/mol. The number of hydrogen-bond donors (Lipinski definition) is 0. The summed E-state index contributed by atoms with van der Waals surface area (Å²) in [4.78, 5) is 4.15. The van der Waals surface area contributed by atoms with Crippen LogP contribution in [-0.2, 0) is 5.88 Å². The van der Waals surface area contributed by atoms with Gasteiger partial charge in [-0.05, 0) is 30.9 Å². The lowest BCUT2D eigenvalue weighted by molar-refractivity contribution is 0.296.